The summed E-state index contributed by atoms with van der Waals surface area (Å²) in [5, 5.41) is 0. The molecule has 0 saturated carbocycles. The van der Waals surface area contributed by atoms with E-state index in [0.29, 0.717) is 17.1 Å². The molecule has 0 heterocycles. The van der Waals surface area contributed by atoms with Gasteiger partial charge >= 0.3 is 0 Å². The maximum Gasteiger partial charge on any atom is 0.162 e. The van der Waals surface area contributed by atoms with Crippen molar-refractivity contribution in [2.45, 2.75) is 32.3 Å². The Morgan fingerprint density at radius 3 is 2.74 bits per heavy atom. The summed E-state index contributed by atoms with van der Waals surface area (Å²) >= 11 is 0. The van der Waals surface area contributed by atoms with E-state index in [1.807, 2.05) is 6.07 Å². The van der Waals surface area contributed by atoms with Crippen LogP contribution in [-0.4, -0.2) is 12.9 Å². The zero-order chi connectivity index (χ0) is 16.4. The number of ketones is 1. The number of rotatable bonds is 4. The van der Waals surface area contributed by atoms with E-state index in [-0.39, 0.29) is 17.7 Å². The van der Waals surface area contributed by atoms with E-state index in [2.05, 4.69) is 0 Å². The van der Waals surface area contributed by atoms with Crippen LogP contribution in [0.5, 0.6) is 11.5 Å². The van der Waals surface area contributed by atoms with Crippen molar-refractivity contribution in [1.29, 1.82) is 0 Å². The number of Topliss-reactive ketones (excluding diaryl/α,β-unsaturated/α-hetero) is 1. The predicted octanol–water partition coefficient (Wildman–Crippen LogP) is 4.49. The maximum absolute atomic E-state index is 13.6. The predicted molar refractivity (Wildman–Crippen MR) is 85.7 cm³/mol. The number of halogens is 1. The zero-order valence-electron chi connectivity index (χ0n) is 13.3. The Kier molecular flexibility index (Phi) is 4.33. The topological polar surface area (TPSA) is 35.5 Å². The molecule has 0 aromatic heterocycles. The second-order valence-electron chi connectivity index (χ2n) is 5.76. The van der Waals surface area contributed by atoms with E-state index < -0.39 is 0 Å². The Bertz CT molecular complexity index is 739. The lowest BCUT2D eigenvalue weighted by Gasteiger charge is -2.27. The van der Waals surface area contributed by atoms with Crippen LogP contribution in [0, 0.1) is 5.82 Å². The van der Waals surface area contributed by atoms with Gasteiger partial charge in [0.25, 0.3) is 0 Å². The first-order chi connectivity index (χ1) is 11.1. The monoisotopic (exact) mass is 314 g/mol. The third-order valence-corrected chi connectivity index (χ3v) is 4.21. The van der Waals surface area contributed by atoms with Crippen LogP contribution < -0.4 is 9.47 Å². The van der Waals surface area contributed by atoms with Crippen LogP contribution in [0.3, 0.4) is 0 Å². The van der Waals surface area contributed by atoms with Crippen LogP contribution >= 0.6 is 0 Å². The molecule has 4 heteroatoms. The number of methoxy groups -OCH3 is 1. The first-order valence-electron chi connectivity index (χ1n) is 7.72. The summed E-state index contributed by atoms with van der Waals surface area (Å²) in [6.07, 6.45) is 2.56. The molecular formula is C19H19FO3. The third-order valence-electron chi connectivity index (χ3n) is 4.21. The molecule has 120 valence electrons. The van der Waals surface area contributed by atoms with Gasteiger partial charge in [-0.3, -0.25) is 4.79 Å². The number of hydrogen-bond acceptors (Lipinski definition) is 3. The van der Waals surface area contributed by atoms with Crippen molar-refractivity contribution in [3.05, 3.63) is 58.9 Å². The van der Waals surface area contributed by atoms with Crippen LogP contribution in [0.25, 0.3) is 0 Å². The number of carbonyl (C=O) groups excluding carboxylic acids is 1. The van der Waals surface area contributed by atoms with Gasteiger partial charge < -0.3 is 9.47 Å². The molecule has 3 rings (SSSR count). The van der Waals surface area contributed by atoms with Gasteiger partial charge in [-0.2, -0.15) is 0 Å². The fourth-order valence-corrected chi connectivity index (χ4v) is 2.99. The van der Waals surface area contributed by atoms with Crippen molar-refractivity contribution < 1.29 is 18.7 Å². The highest BCUT2D eigenvalue weighted by atomic mass is 19.1. The Morgan fingerprint density at radius 1 is 1.17 bits per heavy atom. The highest BCUT2D eigenvalue weighted by molar-refractivity contribution is 5.94. The van der Waals surface area contributed by atoms with Crippen LogP contribution in [-0.2, 0) is 6.42 Å². The van der Waals surface area contributed by atoms with Gasteiger partial charge in [0.05, 0.1) is 7.11 Å². The molecule has 0 spiro atoms. The molecule has 0 amide bonds. The maximum atomic E-state index is 13.6. The summed E-state index contributed by atoms with van der Waals surface area (Å²) in [5.74, 6) is 0.805. The van der Waals surface area contributed by atoms with Crippen molar-refractivity contribution in [2.75, 3.05) is 7.11 Å². The minimum absolute atomic E-state index is 0.0278. The summed E-state index contributed by atoms with van der Waals surface area (Å²) in [6, 6.07) is 10.0. The van der Waals surface area contributed by atoms with Crippen LogP contribution in [0.2, 0.25) is 0 Å². The SMILES string of the molecule is COc1cc(C(C)=O)ccc1O[C@@H]1CCCc2ccc(F)cc21. The van der Waals surface area contributed by atoms with Gasteiger partial charge in [0.1, 0.15) is 11.9 Å². The summed E-state index contributed by atoms with van der Waals surface area (Å²) in [6.45, 7) is 1.51. The minimum Gasteiger partial charge on any atom is -0.493 e. The standard InChI is InChI=1S/C19H19FO3/c1-12(21)14-7-9-18(19(10-14)22-2)23-17-5-3-4-13-6-8-15(20)11-16(13)17/h6-11,17H,3-5H2,1-2H3/t17-/m1/s1. The minimum atomic E-state index is -0.252. The summed E-state index contributed by atoms with van der Waals surface area (Å²) in [4.78, 5) is 11.5. The van der Waals surface area contributed by atoms with Crippen LogP contribution in [0.15, 0.2) is 36.4 Å². The van der Waals surface area contributed by atoms with E-state index in [4.69, 9.17) is 9.47 Å². The second-order valence-corrected chi connectivity index (χ2v) is 5.76. The van der Waals surface area contributed by atoms with Crippen LogP contribution in [0.4, 0.5) is 4.39 Å². The van der Waals surface area contributed by atoms with Gasteiger partial charge in [-0.15, -0.1) is 0 Å². The number of aryl methyl sites for hydroxylation is 1. The van der Waals surface area contributed by atoms with E-state index in [9.17, 15) is 9.18 Å². The van der Waals surface area contributed by atoms with E-state index >= 15 is 0 Å². The molecule has 3 nitrogen and oxygen atoms in total. The van der Waals surface area contributed by atoms with Gasteiger partial charge in [0.2, 0.25) is 0 Å². The number of benzene rings is 2. The fourth-order valence-electron chi connectivity index (χ4n) is 2.99. The van der Waals surface area contributed by atoms with Gasteiger partial charge in [0, 0.05) is 5.56 Å². The van der Waals surface area contributed by atoms with Crippen molar-refractivity contribution in [3.8, 4) is 11.5 Å². The Morgan fingerprint density at radius 2 is 2.00 bits per heavy atom. The second kappa shape index (κ2) is 6.41. The van der Waals surface area contributed by atoms with Crippen LogP contribution in [0.1, 0.15) is 47.4 Å². The van der Waals surface area contributed by atoms with Gasteiger partial charge in [-0.05, 0) is 67.6 Å². The Labute approximate surface area is 135 Å². The van der Waals surface area contributed by atoms with Crippen molar-refractivity contribution in [1.82, 2.24) is 0 Å². The normalized spacial score (nSPS) is 16.6. The fraction of sp³-hybridized carbons (Fsp3) is 0.316. The average Bonchev–Trinajstić information content (AvgIpc) is 2.55. The number of carbonyl (C=O) groups is 1. The molecule has 0 radical (unpaired) electrons. The third kappa shape index (κ3) is 3.21. The molecule has 0 fully saturated rings. The lowest BCUT2D eigenvalue weighted by atomic mass is 9.89. The van der Waals surface area contributed by atoms with E-state index in [0.717, 1.165) is 30.4 Å². The molecule has 0 unspecified atom stereocenters. The van der Waals surface area contributed by atoms with Crippen molar-refractivity contribution in [3.63, 3.8) is 0 Å². The average molecular weight is 314 g/mol. The summed E-state index contributed by atoms with van der Waals surface area (Å²) < 4.78 is 25.0. The molecule has 1 atom stereocenters. The highest BCUT2D eigenvalue weighted by Crippen LogP contribution is 2.37. The van der Waals surface area contributed by atoms with Crippen molar-refractivity contribution in [2.24, 2.45) is 0 Å². The molecule has 2 aromatic rings. The number of hydrogen-bond donors (Lipinski definition) is 0. The lowest BCUT2D eigenvalue weighted by molar-refractivity contribution is 0.101. The molecule has 0 bridgehead atoms. The van der Waals surface area contributed by atoms with Gasteiger partial charge in [-0.1, -0.05) is 6.07 Å². The summed E-state index contributed by atoms with van der Waals surface area (Å²) in [5.41, 5.74) is 2.60. The molecule has 0 aliphatic heterocycles. The van der Waals surface area contributed by atoms with E-state index in [1.165, 1.54) is 13.0 Å². The smallest absolute Gasteiger partial charge is 0.162 e. The first kappa shape index (κ1) is 15.5. The quantitative estimate of drug-likeness (QED) is 0.780. The summed E-state index contributed by atoms with van der Waals surface area (Å²) in [7, 11) is 1.54. The van der Waals surface area contributed by atoms with Gasteiger partial charge in [-0.25, -0.2) is 4.39 Å². The number of fused-ring (bicyclic) bond motifs is 1. The van der Waals surface area contributed by atoms with Gasteiger partial charge in [0.15, 0.2) is 17.3 Å². The molecule has 1 aliphatic rings. The Hall–Kier alpha value is -2.36. The molecule has 0 N–H and O–H groups in total. The molecule has 2 aromatic carbocycles. The Balaban J connectivity index is 1.91. The zero-order valence-corrected chi connectivity index (χ0v) is 13.3. The molecule has 1 aliphatic carbocycles. The number of ether oxygens (including phenoxy) is 2. The molecule has 23 heavy (non-hydrogen) atoms. The molecular weight excluding hydrogens is 295 g/mol. The first-order valence-corrected chi connectivity index (χ1v) is 7.72. The van der Waals surface area contributed by atoms with Crippen molar-refractivity contribution >= 4 is 5.78 Å². The molecule has 0 saturated heterocycles. The lowest BCUT2D eigenvalue weighted by Crippen LogP contribution is -2.16. The largest absolute Gasteiger partial charge is 0.493 e. The van der Waals surface area contributed by atoms with E-state index in [1.54, 1.807) is 31.4 Å². The highest BCUT2D eigenvalue weighted by Gasteiger charge is 2.23.